The van der Waals surface area contributed by atoms with Crippen LogP contribution in [0.15, 0.2) is 0 Å². The van der Waals surface area contributed by atoms with Gasteiger partial charge in [0.2, 0.25) is 5.91 Å². The lowest BCUT2D eigenvalue weighted by molar-refractivity contribution is -0.126. The van der Waals surface area contributed by atoms with Crippen LogP contribution < -0.4 is 11.1 Å². The Morgan fingerprint density at radius 3 is 2.65 bits per heavy atom. The quantitative estimate of drug-likeness (QED) is 0.775. The molecule has 0 saturated heterocycles. The third-order valence-corrected chi connectivity index (χ3v) is 4.40. The summed E-state index contributed by atoms with van der Waals surface area (Å²) in [6.07, 6.45) is 7.57. The summed E-state index contributed by atoms with van der Waals surface area (Å²) < 4.78 is 0. The van der Waals surface area contributed by atoms with Crippen molar-refractivity contribution in [2.45, 2.75) is 70.9 Å². The van der Waals surface area contributed by atoms with Crippen LogP contribution in [0.3, 0.4) is 0 Å². The molecule has 3 atom stereocenters. The molecule has 0 aromatic carbocycles. The molecular weight excluding hydrogens is 212 g/mol. The molecule has 3 unspecified atom stereocenters. The van der Waals surface area contributed by atoms with Gasteiger partial charge in [-0.1, -0.05) is 20.3 Å². The van der Waals surface area contributed by atoms with Gasteiger partial charge >= 0.3 is 0 Å². The fourth-order valence-corrected chi connectivity index (χ4v) is 3.34. The zero-order chi connectivity index (χ0) is 12.5. The predicted molar refractivity (Wildman–Crippen MR) is 69.5 cm³/mol. The number of carbonyl (C=O) groups excluding carboxylic acids is 1. The van der Waals surface area contributed by atoms with Crippen LogP contribution in [0.25, 0.3) is 0 Å². The highest BCUT2D eigenvalue weighted by atomic mass is 16.1. The molecule has 2 rings (SSSR count). The van der Waals surface area contributed by atoms with Gasteiger partial charge in [-0.15, -0.1) is 0 Å². The van der Waals surface area contributed by atoms with Crippen LogP contribution >= 0.6 is 0 Å². The van der Waals surface area contributed by atoms with E-state index in [1.807, 2.05) is 0 Å². The minimum Gasteiger partial charge on any atom is -0.353 e. The molecule has 0 aromatic heterocycles. The molecule has 1 amide bonds. The zero-order valence-corrected chi connectivity index (χ0v) is 11.2. The molecule has 3 nitrogen and oxygen atoms in total. The third-order valence-electron chi connectivity index (χ3n) is 4.40. The van der Waals surface area contributed by atoms with Crippen LogP contribution in [0.2, 0.25) is 0 Å². The minimum atomic E-state index is 0.169. The molecule has 2 fully saturated rings. The fourth-order valence-electron chi connectivity index (χ4n) is 3.34. The fraction of sp³-hybridized carbons (Fsp3) is 0.929. The van der Waals surface area contributed by atoms with E-state index >= 15 is 0 Å². The van der Waals surface area contributed by atoms with Crippen molar-refractivity contribution < 1.29 is 4.79 Å². The summed E-state index contributed by atoms with van der Waals surface area (Å²) in [5.41, 5.74) is 6.34. The van der Waals surface area contributed by atoms with Crippen molar-refractivity contribution in [1.29, 1.82) is 0 Å². The highest BCUT2D eigenvalue weighted by Crippen LogP contribution is 2.37. The second-order valence-electron chi connectivity index (χ2n) is 6.74. The van der Waals surface area contributed by atoms with Crippen molar-refractivity contribution in [2.75, 3.05) is 0 Å². The summed E-state index contributed by atoms with van der Waals surface area (Å²) in [5, 5.41) is 3.23. The summed E-state index contributed by atoms with van der Waals surface area (Å²) in [4.78, 5) is 12.1. The highest BCUT2D eigenvalue weighted by Gasteiger charge is 2.33. The first kappa shape index (κ1) is 12.9. The van der Waals surface area contributed by atoms with Crippen molar-refractivity contribution in [3.8, 4) is 0 Å². The van der Waals surface area contributed by atoms with E-state index in [9.17, 15) is 4.79 Å². The van der Waals surface area contributed by atoms with E-state index < -0.39 is 0 Å². The topological polar surface area (TPSA) is 55.1 Å². The molecule has 2 aliphatic carbocycles. The van der Waals surface area contributed by atoms with E-state index in [-0.39, 0.29) is 17.9 Å². The molecule has 2 aliphatic rings. The lowest BCUT2D eigenvalue weighted by Crippen LogP contribution is -2.41. The number of hydrogen-bond acceptors (Lipinski definition) is 2. The lowest BCUT2D eigenvalue weighted by Gasteiger charge is -2.27. The van der Waals surface area contributed by atoms with Gasteiger partial charge in [0.15, 0.2) is 0 Å². The molecule has 3 N–H and O–H groups in total. The second-order valence-corrected chi connectivity index (χ2v) is 6.74. The Balaban J connectivity index is 1.81. The Bertz CT molecular complexity index is 288. The molecular formula is C14H26N2O. The number of rotatable bonds is 2. The number of amides is 1. The smallest absolute Gasteiger partial charge is 0.223 e. The predicted octanol–water partition coefficient (Wildman–Crippen LogP) is 2.20. The van der Waals surface area contributed by atoms with Gasteiger partial charge in [0.1, 0.15) is 0 Å². The van der Waals surface area contributed by atoms with Gasteiger partial charge in [0.25, 0.3) is 0 Å². The maximum Gasteiger partial charge on any atom is 0.223 e. The average molecular weight is 238 g/mol. The molecule has 0 spiro atoms. The molecule has 0 aromatic rings. The Morgan fingerprint density at radius 1 is 1.29 bits per heavy atom. The summed E-state index contributed by atoms with van der Waals surface area (Å²) >= 11 is 0. The number of carbonyl (C=O) groups is 1. The number of nitrogens with one attached hydrogen (secondary N) is 1. The van der Waals surface area contributed by atoms with Gasteiger partial charge in [0, 0.05) is 18.0 Å². The summed E-state index contributed by atoms with van der Waals surface area (Å²) in [6, 6.07) is 0.634. The van der Waals surface area contributed by atoms with Crippen molar-refractivity contribution in [2.24, 2.45) is 17.1 Å². The van der Waals surface area contributed by atoms with Gasteiger partial charge < -0.3 is 11.1 Å². The molecule has 98 valence electrons. The van der Waals surface area contributed by atoms with E-state index in [2.05, 4.69) is 19.2 Å². The van der Waals surface area contributed by atoms with Gasteiger partial charge in [-0.2, -0.15) is 0 Å². The molecule has 3 heteroatoms. The lowest BCUT2D eigenvalue weighted by atomic mass is 9.85. The monoisotopic (exact) mass is 238 g/mol. The first-order chi connectivity index (χ1) is 7.96. The standard InChI is InChI=1S/C14H26N2O/c1-14(2)7-6-12(9-14)16-13(17)10-4-3-5-11(15)8-10/h10-12H,3-9,15H2,1-2H3,(H,16,17). The first-order valence-electron chi connectivity index (χ1n) is 7.02. The number of nitrogens with two attached hydrogens (primary N) is 1. The van der Waals surface area contributed by atoms with E-state index in [1.165, 1.54) is 6.42 Å². The average Bonchev–Trinajstić information content (AvgIpc) is 2.58. The van der Waals surface area contributed by atoms with E-state index in [0.29, 0.717) is 11.5 Å². The molecule has 17 heavy (non-hydrogen) atoms. The van der Waals surface area contributed by atoms with Gasteiger partial charge in [0.05, 0.1) is 0 Å². The van der Waals surface area contributed by atoms with Crippen molar-refractivity contribution >= 4 is 5.91 Å². The van der Waals surface area contributed by atoms with Crippen molar-refractivity contribution in [1.82, 2.24) is 5.32 Å². The highest BCUT2D eigenvalue weighted by molar-refractivity contribution is 5.79. The minimum absolute atomic E-state index is 0.169. The van der Waals surface area contributed by atoms with Crippen LogP contribution in [0.1, 0.15) is 58.8 Å². The molecule has 0 radical (unpaired) electrons. The van der Waals surface area contributed by atoms with Gasteiger partial charge in [-0.25, -0.2) is 0 Å². The molecule has 0 aliphatic heterocycles. The van der Waals surface area contributed by atoms with Crippen LogP contribution in [-0.2, 0) is 4.79 Å². The second kappa shape index (κ2) is 4.97. The van der Waals surface area contributed by atoms with Gasteiger partial charge in [-0.3, -0.25) is 4.79 Å². The van der Waals surface area contributed by atoms with E-state index in [4.69, 9.17) is 5.73 Å². The van der Waals surface area contributed by atoms with Crippen molar-refractivity contribution in [3.63, 3.8) is 0 Å². The Hall–Kier alpha value is -0.570. The Labute approximate surface area is 105 Å². The summed E-state index contributed by atoms with van der Waals surface area (Å²) in [6.45, 7) is 4.57. The first-order valence-corrected chi connectivity index (χ1v) is 7.02. The van der Waals surface area contributed by atoms with E-state index in [1.54, 1.807) is 0 Å². The van der Waals surface area contributed by atoms with Crippen LogP contribution in [0, 0.1) is 11.3 Å². The number of hydrogen-bond donors (Lipinski definition) is 2. The van der Waals surface area contributed by atoms with Crippen LogP contribution in [-0.4, -0.2) is 18.0 Å². The Kier molecular flexibility index (Phi) is 3.76. The SMILES string of the molecule is CC1(C)CCC(NC(=O)C2CCCC(N)C2)C1. The zero-order valence-electron chi connectivity index (χ0n) is 11.2. The van der Waals surface area contributed by atoms with Crippen LogP contribution in [0.5, 0.6) is 0 Å². The Morgan fingerprint density at radius 2 is 2.06 bits per heavy atom. The largest absolute Gasteiger partial charge is 0.353 e. The van der Waals surface area contributed by atoms with E-state index in [0.717, 1.165) is 38.5 Å². The maximum atomic E-state index is 12.1. The third kappa shape index (κ3) is 3.44. The normalized spacial score (nSPS) is 36.8. The van der Waals surface area contributed by atoms with Gasteiger partial charge in [-0.05, 0) is 43.9 Å². The maximum absolute atomic E-state index is 12.1. The summed E-state index contributed by atoms with van der Waals surface area (Å²) in [5.74, 6) is 0.422. The van der Waals surface area contributed by atoms with Crippen molar-refractivity contribution in [3.05, 3.63) is 0 Å². The van der Waals surface area contributed by atoms with Crippen LogP contribution in [0.4, 0.5) is 0 Å². The molecule has 0 bridgehead atoms. The molecule has 0 heterocycles. The summed E-state index contributed by atoms with van der Waals surface area (Å²) in [7, 11) is 0. The molecule has 2 saturated carbocycles.